The first-order valence-corrected chi connectivity index (χ1v) is 7.39. The molecule has 2 rings (SSSR count). The Morgan fingerprint density at radius 3 is 2.70 bits per heavy atom. The summed E-state index contributed by atoms with van der Waals surface area (Å²) in [4.78, 5) is 16.1. The summed E-state index contributed by atoms with van der Waals surface area (Å²) in [5.41, 5.74) is 6.78. The Kier molecular flexibility index (Phi) is 5.15. The van der Waals surface area contributed by atoms with Crippen molar-refractivity contribution in [2.75, 3.05) is 19.6 Å². The third-order valence-corrected chi connectivity index (χ3v) is 4.03. The van der Waals surface area contributed by atoms with Gasteiger partial charge in [-0.2, -0.15) is 0 Å². The van der Waals surface area contributed by atoms with E-state index < -0.39 is 0 Å². The fourth-order valence-corrected chi connectivity index (χ4v) is 2.90. The summed E-state index contributed by atoms with van der Waals surface area (Å²) in [6.07, 6.45) is 1.04. The summed E-state index contributed by atoms with van der Waals surface area (Å²) in [7, 11) is 0. The number of benzene rings is 1. The van der Waals surface area contributed by atoms with E-state index in [4.69, 9.17) is 5.73 Å². The summed E-state index contributed by atoms with van der Waals surface area (Å²) in [6.45, 7) is 7.13. The molecule has 0 saturated carbocycles. The van der Waals surface area contributed by atoms with Crippen LogP contribution in [0.1, 0.15) is 25.8 Å². The van der Waals surface area contributed by atoms with Crippen LogP contribution in [-0.2, 0) is 11.3 Å². The highest BCUT2D eigenvalue weighted by atomic mass is 16.2. The van der Waals surface area contributed by atoms with Gasteiger partial charge in [0.25, 0.3) is 0 Å². The Bertz CT molecular complexity index is 433. The molecule has 20 heavy (non-hydrogen) atoms. The van der Waals surface area contributed by atoms with E-state index in [1.165, 1.54) is 5.56 Å². The molecule has 0 radical (unpaired) electrons. The van der Waals surface area contributed by atoms with E-state index >= 15 is 0 Å². The second-order valence-electron chi connectivity index (χ2n) is 5.74. The molecule has 0 aliphatic carbocycles. The molecule has 110 valence electrons. The second kappa shape index (κ2) is 6.86. The Morgan fingerprint density at radius 2 is 2.10 bits per heavy atom. The van der Waals surface area contributed by atoms with Crippen LogP contribution in [0.4, 0.5) is 0 Å². The maximum atomic E-state index is 11.7. The van der Waals surface area contributed by atoms with Crippen LogP contribution < -0.4 is 5.73 Å². The van der Waals surface area contributed by atoms with E-state index in [0.717, 1.165) is 26.1 Å². The number of amides is 1. The van der Waals surface area contributed by atoms with Crippen molar-refractivity contribution in [3.8, 4) is 0 Å². The van der Waals surface area contributed by atoms with Crippen LogP contribution in [0, 0.1) is 0 Å². The van der Waals surface area contributed by atoms with E-state index in [9.17, 15) is 4.79 Å². The lowest BCUT2D eigenvalue weighted by Crippen LogP contribution is -2.43. The molecule has 4 nitrogen and oxygen atoms in total. The summed E-state index contributed by atoms with van der Waals surface area (Å²) >= 11 is 0. The van der Waals surface area contributed by atoms with Crippen molar-refractivity contribution >= 4 is 5.91 Å². The summed E-state index contributed by atoms with van der Waals surface area (Å²) in [5, 5.41) is 0. The molecule has 0 aromatic heterocycles. The number of likely N-dealkylation sites (tertiary alicyclic amines) is 1. The molecule has 1 aliphatic heterocycles. The lowest BCUT2D eigenvalue weighted by molar-refractivity contribution is -0.128. The van der Waals surface area contributed by atoms with Gasteiger partial charge in [-0.3, -0.25) is 9.69 Å². The van der Waals surface area contributed by atoms with Crippen molar-refractivity contribution in [3.63, 3.8) is 0 Å². The fraction of sp³-hybridized carbons (Fsp3) is 0.562. The third kappa shape index (κ3) is 3.58. The summed E-state index contributed by atoms with van der Waals surface area (Å²) in [5.74, 6) is 0.0657. The minimum absolute atomic E-state index is 0.0657. The smallest absolute Gasteiger partial charge is 0.236 e. The van der Waals surface area contributed by atoms with Gasteiger partial charge in [0.1, 0.15) is 0 Å². The lowest BCUT2D eigenvalue weighted by atomic mass is 10.1. The topological polar surface area (TPSA) is 49.6 Å². The average molecular weight is 275 g/mol. The van der Waals surface area contributed by atoms with E-state index in [-0.39, 0.29) is 12.5 Å². The molecule has 1 heterocycles. The Balaban J connectivity index is 2.01. The van der Waals surface area contributed by atoms with Gasteiger partial charge in [-0.05, 0) is 25.8 Å². The predicted octanol–water partition coefficient (Wildman–Crippen LogP) is 1.46. The number of nitrogens with two attached hydrogens (primary N) is 1. The molecule has 1 unspecified atom stereocenters. The molecule has 1 aromatic carbocycles. The van der Waals surface area contributed by atoms with Gasteiger partial charge in [-0.15, -0.1) is 0 Å². The van der Waals surface area contributed by atoms with Crippen LogP contribution >= 0.6 is 0 Å². The molecule has 1 amide bonds. The predicted molar refractivity (Wildman–Crippen MR) is 81.2 cm³/mol. The second-order valence-corrected chi connectivity index (χ2v) is 5.74. The Morgan fingerprint density at radius 1 is 1.40 bits per heavy atom. The zero-order chi connectivity index (χ0) is 14.5. The number of nitrogens with zero attached hydrogens (tertiary/aromatic N) is 2. The van der Waals surface area contributed by atoms with E-state index in [2.05, 4.69) is 43.0 Å². The molecule has 4 heteroatoms. The average Bonchev–Trinajstić information content (AvgIpc) is 2.94. The molecule has 1 saturated heterocycles. The van der Waals surface area contributed by atoms with Crippen molar-refractivity contribution in [2.24, 2.45) is 5.73 Å². The maximum Gasteiger partial charge on any atom is 0.236 e. The van der Waals surface area contributed by atoms with Crippen molar-refractivity contribution < 1.29 is 4.79 Å². The van der Waals surface area contributed by atoms with Crippen molar-refractivity contribution in [1.29, 1.82) is 0 Å². The van der Waals surface area contributed by atoms with E-state index in [1.807, 2.05) is 11.0 Å². The van der Waals surface area contributed by atoms with Gasteiger partial charge in [-0.25, -0.2) is 0 Å². The molecular formula is C16H25N3O. The van der Waals surface area contributed by atoms with Gasteiger partial charge in [0.15, 0.2) is 0 Å². The normalized spacial score (nSPS) is 19.1. The first kappa shape index (κ1) is 15.0. The van der Waals surface area contributed by atoms with Gasteiger partial charge in [0.05, 0.1) is 6.54 Å². The highest BCUT2D eigenvalue weighted by molar-refractivity contribution is 5.78. The minimum Gasteiger partial charge on any atom is -0.340 e. The van der Waals surface area contributed by atoms with Gasteiger partial charge in [0, 0.05) is 31.7 Å². The molecule has 1 fully saturated rings. The van der Waals surface area contributed by atoms with E-state index in [1.54, 1.807) is 0 Å². The molecule has 0 bridgehead atoms. The van der Waals surface area contributed by atoms with Gasteiger partial charge in [-0.1, -0.05) is 30.3 Å². The molecule has 1 aromatic rings. The minimum atomic E-state index is 0.0657. The van der Waals surface area contributed by atoms with Crippen LogP contribution in [0.3, 0.4) is 0 Å². The molecule has 1 aliphatic rings. The van der Waals surface area contributed by atoms with E-state index in [0.29, 0.717) is 12.1 Å². The third-order valence-electron chi connectivity index (χ3n) is 4.03. The molecule has 2 N–H and O–H groups in total. The van der Waals surface area contributed by atoms with Gasteiger partial charge < -0.3 is 10.6 Å². The quantitative estimate of drug-likeness (QED) is 0.885. The Hall–Kier alpha value is -1.39. The van der Waals surface area contributed by atoms with Gasteiger partial charge >= 0.3 is 0 Å². The highest BCUT2D eigenvalue weighted by Crippen LogP contribution is 2.20. The Labute approximate surface area is 121 Å². The maximum absolute atomic E-state index is 11.7. The van der Waals surface area contributed by atoms with Crippen LogP contribution in [0.5, 0.6) is 0 Å². The van der Waals surface area contributed by atoms with Crippen molar-refractivity contribution in [1.82, 2.24) is 9.80 Å². The molecule has 0 spiro atoms. The van der Waals surface area contributed by atoms with Gasteiger partial charge in [0.2, 0.25) is 5.91 Å². The number of hydrogen-bond donors (Lipinski definition) is 1. The lowest BCUT2D eigenvalue weighted by Gasteiger charge is -2.32. The zero-order valence-electron chi connectivity index (χ0n) is 12.5. The van der Waals surface area contributed by atoms with Crippen molar-refractivity contribution in [3.05, 3.63) is 35.9 Å². The number of rotatable bonds is 5. The van der Waals surface area contributed by atoms with Crippen LogP contribution in [0.2, 0.25) is 0 Å². The standard InChI is InChI=1S/C16H25N3O/c1-13(2)19(11-14-6-4-3-5-7-14)15-8-9-18(12-15)16(20)10-17/h3-7,13,15H,8-12,17H2,1-2H3. The largest absolute Gasteiger partial charge is 0.340 e. The number of hydrogen-bond acceptors (Lipinski definition) is 3. The zero-order valence-corrected chi connectivity index (χ0v) is 12.5. The molecule has 1 atom stereocenters. The fourth-order valence-electron chi connectivity index (χ4n) is 2.90. The van der Waals surface area contributed by atoms with Crippen molar-refractivity contribution in [2.45, 2.75) is 38.9 Å². The summed E-state index contributed by atoms with van der Waals surface area (Å²) < 4.78 is 0. The SMILES string of the molecule is CC(C)N(Cc1ccccc1)C1CCN(C(=O)CN)C1. The molecular weight excluding hydrogens is 250 g/mol. The highest BCUT2D eigenvalue weighted by Gasteiger charge is 2.30. The van der Waals surface area contributed by atoms with Crippen LogP contribution in [-0.4, -0.2) is 47.4 Å². The first-order chi connectivity index (χ1) is 9.61. The van der Waals surface area contributed by atoms with Crippen LogP contribution in [0.25, 0.3) is 0 Å². The van der Waals surface area contributed by atoms with Crippen LogP contribution in [0.15, 0.2) is 30.3 Å². The first-order valence-electron chi connectivity index (χ1n) is 7.39. The summed E-state index contributed by atoms with van der Waals surface area (Å²) in [6, 6.07) is 11.4. The number of carbonyl (C=O) groups is 1. The monoisotopic (exact) mass is 275 g/mol. The number of carbonyl (C=O) groups excluding carboxylic acids is 1.